The van der Waals surface area contributed by atoms with Gasteiger partial charge in [-0.15, -0.1) is 0 Å². The summed E-state index contributed by atoms with van der Waals surface area (Å²) in [4.78, 5) is 11.8. The first kappa shape index (κ1) is 9.16. The molecule has 15 heavy (non-hydrogen) atoms. The summed E-state index contributed by atoms with van der Waals surface area (Å²) in [6.07, 6.45) is 3.19. The second-order valence-corrected chi connectivity index (χ2v) is 4.68. The van der Waals surface area contributed by atoms with Gasteiger partial charge in [-0.05, 0) is 18.8 Å². The largest absolute Gasteiger partial charge is 0.464 e. The molecule has 80 valence electrons. The maximum atomic E-state index is 11.8. The number of carbonyl (C=O) groups is 1. The van der Waals surface area contributed by atoms with E-state index in [9.17, 15) is 4.79 Å². The van der Waals surface area contributed by atoms with E-state index in [0.717, 1.165) is 29.9 Å². The van der Waals surface area contributed by atoms with Crippen LogP contribution in [-0.4, -0.2) is 12.3 Å². The van der Waals surface area contributed by atoms with Crippen LogP contribution < -0.4 is 5.32 Å². The molecule has 1 aliphatic carbocycles. The molecule has 0 spiro atoms. The molecule has 0 bridgehead atoms. The number of rotatable bonds is 0. The van der Waals surface area contributed by atoms with Crippen LogP contribution in [-0.2, 0) is 19.4 Å². The van der Waals surface area contributed by atoms with Gasteiger partial charge in [0.2, 0.25) is 0 Å². The molecule has 3 rings (SSSR count). The Bertz CT molecular complexity index is 420. The minimum Gasteiger partial charge on any atom is -0.464 e. The average Bonchev–Trinajstić information content (AvgIpc) is 2.57. The van der Waals surface area contributed by atoms with Crippen molar-refractivity contribution in [1.82, 2.24) is 5.32 Å². The van der Waals surface area contributed by atoms with E-state index < -0.39 is 0 Å². The molecule has 3 nitrogen and oxygen atoms in total. The molecule has 1 aromatic heterocycles. The highest BCUT2D eigenvalue weighted by atomic mass is 16.3. The molecule has 0 saturated carbocycles. The Balaban J connectivity index is 2.12. The van der Waals surface area contributed by atoms with Crippen LogP contribution in [0.3, 0.4) is 0 Å². The summed E-state index contributed by atoms with van der Waals surface area (Å²) in [7, 11) is 0. The molecule has 1 atom stereocenters. The van der Waals surface area contributed by atoms with Crippen molar-refractivity contribution in [1.29, 1.82) is 0 Å². The van der Waals surface area contributed by atoms with Crippen LogP contribution in [0.4, 0.5) is 0 Å². The molecular weight excluding hydrogens is 190 g/mol. The molecule has 1 N–H and O–H groups in total. The van der Waals surface area contributed by atoms with Crippen molar-refractivity contribution in [3.63, 3.8) is 0 Å². The molecule has 2 heterocycles. The van der Waals surface area contributed by atoms with E-state index >= 15 is 0 Å². The zero-order valence-corrected chi connectivity index (χ0v) is 8.93. The third-order valence-electron chi connectivity index (χ3n) is 3.43. The van der Waals surface area contributed by atoms with Crippen LogP contribution >= 0.6 is 0 Å². The van der Waals surface area contributed by atoms with Gasteiger partial charge in [-0.2, -0.15) is 0 Å². The zero-order chi connectivity index (χ0) is 10.4. The third-order valence-corrected chi connectivity index (χ3v) is 3.43. The van der Waals surface area contributed by atoms with E-state index in [1.54, 1.807) is 0 Å². The van der Waals surface area contributed by atoms with Gasteiger partial charge >= 0.3 is 0 Å². The first-order valence-electron chi connectivity index (χ1n) is 5.63. The van der Waals surface area contributed by atoms with E-state index in [2.05, 4.69) is 12.2 Å². The zero-order valence-electron chi connectivity index (χ0n) is 8.93. The first-order valence-corrected chi connectivity index (χ1v) is 5.63. The lowest BCUT2D eigenvalue weighted by Gasteiger charge is -2.18. The molecule has 1 unspecified atom stereocenters. The molecule has 2 aliphatic rings. The number of Topliss-reactive ketones (excluding diaryl/α,β-unsaturated/α-hetero) is 1. The molecule has 1 aromatic rings. The van der Waals surface area contributed by atoms with Gasteiger partial charge in [0.05, 0.1) is 18.7 Å². The number of aryl methyl sites for hydroxylation is 1. The van der Waals surface area contributed by atoms with Gasteiger partial charge in [-0.3, -0.25) is 4.79 Å². The van der Waals surface area contributed by atoms with E-state index in [-0.39, 0.29) is 5.78 Å². The van der Waals surface area contributed by atoms with Gasteiger partial charge in [0.15, 0.2) is 5.78 Å². The van der Waals surface area contributed by atoms with Crippen molar-refractivity contribution >= 4 is 5.78 Å². The summed E-state index contributed by atoms with van der Waals surface area (Å²) in [6.45, 7) is 3.42. The Morgan fingerprint density at radius 3 is 3.07 bits per heavy atom. The normalized spacial score (nSPS) is 24.9. The number of hydrogen-bond acceptors (Lipinski definition) is 3. The molecular formula is C12H15NO2. The minimum atomic E-state index is 0.204. The van der Waals surface area contributed by atoms with E-state index in [4.69, 9.17) is 4.42 Å². The van der Waals surface area contributed by atoms with Crippen molar-refractivity contribution in [3.8, 4) is 0 Å². The lowest BCUT2D eigenvalue weighted by Crippen LogP contribution is -2.29. The Morgan fingerprint density at radius 1 is 1.33 bits per heavy atom. The lowest BCUT2D eigenvalue weighted by molar-refractivity contribution is 0.0978. The van der Waals surface area contributed by atoms with Crippen LogP contribution in [0.1, 0.15) is 40.8 Å². The van der Waals surface area contributed by atoms with Crippen molar-refractivity contribution in [2.24, 2.45) is 5.92 Å². The maximum Gasteiger partial charge on any atom is 0.180 e. The van der Waals surface area contributed by atoms with Gasteiger partial charge in [0.25, 0.3) is 0 Å². The van der Waals surface area contributed by atoms with Crippen molar-refractivity contribution < 1.29 is 9.21 Å². The number of carbonyl (C=O) groups excluding carboxylic acids is 1. The SMILES string of the molecule is CC1CCc2oc3c(c2C1)C(=O)CNC3. The monoisotopic (exact) mass is 205 g/mol. The third kappa shape index (κ3) is 1.34. The Kier molecular flexibility index (Phi) is 1.96. The van der Waals surface area contributed by atoms with Crippen LogP contribution in [0.2, 0.25) is 0 Å². The molecule has 1 aliphatic heterocycles. The average molecular weight is 205 g/mol. The van der Waals surface area contributed by atoms with Crippen LogP contribution in [0, 0.1) is 5.92 Å². The predicted molar refractivity (Wildman–Crippen MR) is 55.9 cm³/mol. The van der Waals surface area contributed by atoms with E-state index in [1.807, 2.05) is 0 Å². The molecule has 0 aromatic carbocycles. The summed E-state index contributed by atoms with van der Waals surface area (Å²) < 4.78 is 5.76. The number of hydrogen-bond donors (Lipinski definition) is 1. The van der Waals surface area contributed by atoms with Gasteiger partial charge in [0.1, 0.15) is 11.5 Å². The predicted octanol–water partition coefficient (Wildman–Crippen LogP) is 1.69. The van der Waals surface area contributed by atoms with Crippen LogP contribution in [0.15, 0.2) is 4.42 Å². The minimum absolute atomic E-state index is 0.204. The standard InChI is InChI=1S/C12H15NO2/c1-7-2-3-10-8(4-7)12-9(14)5-13-6-11(12)15-10/h7,13H,2-6H2,1H3. The quantitative estimate of drug-likeness (QED) is 0.700. The lowest BCUT2D eigenvalue weighted by atomic mass is 9.86. The molecule has 0 radical (unpaired) electrons. The fourth-order valence-electron chi connectivity index (χ4n) is 2.64. The Labute approximate surface area is 88.8 Å². The van der Waals surface area contributed by atoms with Gasteiger partial charge in [0, 0.05) is 12.0 Å². The van der Waals surface area contributed by atoms with E-state index in [1.165, 1.54) is 12.0 Å². The number of fused-ring (bicyclic) bond motifs is 3. The second-order valence-electron chi connectivity index (χ2n) is 4.68. The Hall–Kier alpha value is -1.09. The van der Waals surface area contributed by atoms with Gasteiger partial charge in [-0.1, -0.05) is 6.92 Å². The van der Waals surface area contributed by atoms with E-state index in [0.29, 0.717) is 19.0 Å². The molecule has 3 heteroatoms. The molecule has 0 amide bonds. The topological polar surface area (TPSA) is 42.2 Å². The number of furan rings is 1. The number of ketones is 1. The van der Waals surface area contributed by atoms with Gasteiger partial charge in [-0.25, -0.2) is 0 Å². The maximum absolute atomic E-state index is 11.8. The van der Waals surface area contributed by atoms with Crippen LogP contribution in [0.25, 0.3) is 0 Å². The molecule has 0 fully saturated rings. The second kappa shape index (κ2) is 3.20. The Morgan fingerprint density at radius 2 is 2.20 bits per heavy atom. The fourth-order valence-corrected chi connectivity index (χ4v) is 2.64. The van der Waals surface area contributed by atoms with Crippen molar-refractivity contribution in [3.05, 3.63) is 22.6 Å². The summed E-state index contributed by atoms with van der Waals surface area (Å²) in [6, 6.07) is 0. The smallest absolute Gasteiger partial charge is 0.180 e. The fraction of sp³-hybridized carbons (Fsp3) is 0.583. The van der Waals surface area contributed by atoms with Crippen molar-refractivity contribution in [2.45, 2.75) is 32.7 Å². The highest BCUT2D eigenvalue weighted by Crippen LogP contribution is 2.33. The van der Waals surface area contributed by atoms with Gasteiger partial charge < -0.3 is 9.73 Å². The first-order chi connectivity index (χ1) is 7.25. The summed E-state index contributed by atoms with van der Waals surface area (Å²) >= 11 is 0. The number of nitrogens with one attached hydrogen (secondary N) is 1. The highest BCUT2D eigenvalue weighted by Gasteiger charge is 2.30. The molecule has 0 saturated heterocycles. The summed E-state index contributed by atoms with van der Waals surface area (Å²) in [5.74, 6) is 2.82. The summed E-state index contributed by atoms with van der Waals surface area (Å²) in [5, 5.41) is 3.07. The van der Waals surface area contributed by atoms with Crippen molar-refractivity contribution in [2.75, 3.05) is 6.54 Å². The summed E-state index contributed by atoms with van der Waals surface area (Å²) in [5.41, 5.74) is 2.10. The highest BCUT2D eigenvalue weighted by molar-refractivity contribution is 6.01. The van der Waals surface area contributed by atoms with Crippen LogP contribution in [0.5, 0.6) is 0 Å².